The van der Waals surface area contributed by atoms with Crippen LogP contribution in [0.4, 0.5) is 15.8 Å². The summed E-state index contributed by atoms with van der Waals surface area (Å²) < 4.78 is 57.9. The molecule has 3 aromatic rings. The van der Waals surface area contributed by atoms with E-state index in [1.54, 1.807) is 6.92 Å². The second kappa shape index (κ2) is 11.9. The molecule has 0 saturated carbocycles. The van der Waals surface area contributed by atoms with E-state index in [0.29, 0.717) is 4.31 Å². The lowest BCUT2D eigenvalue weighted by molar-refractivity contribution is -0.114. The van der Waals surface area contributed by atoms with E-state index in [1.807, 2.05) is 0 Å². The Kier molecular flexibility index (Phi) is 8.95. The molecule has 0 radical (unpaired) electrons. The average molecular weight is 551 g/mol. The maximum absolute atomic E-state index is 14.7. The summed E-state index contributed by atoms with van der Waals surface area (Å²) in [5.41, 5.74) is -0.157. The molecule has 0 atom stereocenters. The molecule has 3 aromatic carbocycles. The van der Waals surface area contributed by atoms with Crippen LogP contribution in [-0.2, 0) is 19.6 Å². The molecule has 0 bridgehead atoms. The molecule has 0 aliphatic heterocycles. The van der Waals surface area contributed by atoms with Crippen LogP contribution in [0.25, 0.3) is 0 Å². The molecule has 9 nitrogen and oxygen atoms in total. The second-order valence-corrected chi connectivity index (χ2v) is 9.71. The zero-order valence-corrected chi connectivity index (χ0v) is 21.7. The van der Waals surface area contributed by atoms with Crippen molar-refractivity contribution >= 4 is 44.9 Å². The standard InChI is InChI=1S/C25H24ClFN2O7S/c1-4-36-25(31)18-13-16(9-11-19(18)26)28-24(30)15-29(21-8-6-5-7-20(21)27)37(32,33)17-10-12-22(34-2)23(14-17)35-3/h5-14H,4,15H2,1-3H3,(H,28,30). The highest BCUT2D eigenvalue weighted by Gasteiger charge is 2.30. The maximum Gasteiger partial charge on any atom is 0.339 e. The Morgan fingerprint density at radius 2 is 1.70 bits per heavy atom. The highest BCUT2D eigenvalue weighted by molar-refractivity contribution is 7.92. The molecule has 0 aliphatic rings. The first kappa shape index (κ1) is 27.8. The molecule has 0 aliphatic carbocycles. The Labute approximate surface area is 218 Å². The van der Waals surface area contributed by atoms with Crippen LogP contribution >= 0.6 is 11.6 Å². The van der Waals surface area contributed by atoms with Gasteiger partial charge in [0.15, 0.2) is 11.5 Å². The van der Waals surface area contributed by atoms with Crippen LogP contribution in [0.1, 0.15) is 17.3 Å². The first-order valence-electron chi connectivity index (χ1n) is 10.9. The Hall–Kier alpha value is -3.83. The first-order valence-corrected chi connectivity index (χ1v) is 12.7. The molecule has 0 spiro atoms. The minimum atomic E-state index is -4.46. The Bertz CT molecular complexity index is 1420. The van der Waals surface area contributed by atoms with Crippen molar-refractivity contribution in [3.05, 3.63) is 77.1 Å². The van der Waals surface area contributed by atoms with E-state index >= 15 is 0 Å². The van der Waals surface area contributed by atoms with E-state index in [9.17, 15) is 22.4 Å². The van der Waals surface area contributed by atoms with Crippen molar-refractivity contribution in [3.63, 3.8) is 0 Å². The van der Waals surface area contributed by atoms with E-state index in [2.05, 4.69) is 5.32 Å². The fraction of sp³-hybridized carbons (Fsp3) is 0.200. The molecule has 0 unspecified atom stereocenters. The number of ether oxygens (including phenoxy) is 3. The summed E-state index contributed by atoms with van der Waals surface area (Å²) >= 11 is 6.06. The highest BCUT2D eigenvalue weighted by Crippen LogP contribution is 2.33. The molecule has 0 fully saturated rings. The molecule has 1 amide bonds. The molecular weight excluding hydrogens is 527 g/mol. The van der Waals surface area contributed by atoms with Gasteiger partial charge in [0.05, 0.1) is 42.0 Å². The van der Waals surface area contributed by atoms with Crippen LogP contribution in [0.3, 0.4) is 0 Å². The number of benzene rings is 3. The third kappa shape index (κ3) is 6.30. The van der Waals surface area contributed by atoms with Gasteiger partial charge in [0, 0.05) is 11.8 Å². The predicted octanol–water partition coefficient (Wildman–Crippen LogP) is 4.51. The topological polar surface area (TPSA) is 111 Å². The van der Waals surface area contributed by atoms with Gasteiger partial charge in [0.25, 0.3) is 10.0 Å². The molecule has 0 heterocycles. The minimum absolute atomic E-state index is 0.0187. The van der Waals surface area contributed by atoms with Crippen molar-refractivity contribution in [1.29, 1.82) is 0 Å². The second-order valence-electron chi connectivity index (χ2n) is 7.44. The number of hydrogen-bond acceptors (Lipinski definition) is 7. The number of nitrogens with zero attached hydrogens (tertiary/aromatic N) is 1. The molecule has 0 aromatic heterocycles. The van der Waals surface area contributed by atoms with Gasteiger partial charge in [-0.05, 0) is 49.4 Å². The lowest BCUT2D eigenvalue weighted by atomic mass is 10.2. The largest absolute Gasteiger partial charge is 0.493 e. The fourth-order valence-corrected chi connectivity index (χ4v) is 5.00. The third-order valence-electron chi connectivity index (χ3n) is 5.10. The maximum atomic E-state index is 14.7. The van der Waals surface area contributed by atoms with E-state index in [4.69, 9.17) is 25.8 Å². The van der Waals surface area contributed by atoms with Crippen molar-refractivity contribution in [1.82, 2.24) is 0 Å². The number of carbonyl (C=O) groups is 2. The molecule has 1 N–H and O–H groups in total. The number of amides is 1. The van der Waals surface area contributed by atoms with E-state index in [-0.39, 0.29) is 45.0 Å². The lowest BCUT2D eigenvalue weighted by Crippen LogP contribution is -2.38. The van der Waals surface area contributed by atoms with Gasteiger partial charge in [0.2, 0.25) is 5.91 Å². The van der Waals surface area contributed by atoms with Crippen LogP contribution in [-0.4, -0.2) is 47.7 Å². The van der Waals surface area contributed by atoms with E-state index in [1.165, 1.54) is 68.8 Å². The monoisotopic (exact) mass is 550 g/mol. The SMILES string of the molecule is CCOC(=O)c1cc(NC(=O)CN(c2ccccc2F)S(=O)(=O)c2ccc(OC)c(OC)c2)ccc1Cl. The Morgan fingerprint density at radius 1 is 1.00 bits per heavy atom. The van der Waals surface area contributed by atoms with Gasteiger partial charge in [-0.25, -0.2) is 17.6 Å². The molecule has 12 heteroatoms. The first-order chi connectivity index (χ1) is 17.6. The summed E-state index contributed by atoms with van der Waals surface area (Å²) in [7, 11) is -1.72. The number of anilines is 2. The summed E-state index contributed by atoms with van der Waals surface area (Å²) in [6, 6.07) is 13.1. The van der Waals surface area contributed by atoms with Crippen molar-refractivity contribution in [3.8, 4) is 11.5 Å². The van der Waals surface area contributed by atoms with Crippen molar-refractivity contribution < 1.29 is 36.6 Å². The zero-order valence-electron chi connectivity index (χ0n) is 20.2. The van der Waals surface area contributed by atoms with Crippen LogP contribution in [0.15, 0.2) is 65.6 Å². The molecule has 0 saturated heterocycles. The van der Waals surface area contributed by atoms with Crippen LogP contribution in [0.5, 0.6) is 11.5 Å². The van der Waals surface area contributed by atoms with Gasteiger partial charge in [-0.15, -0.1) is 0 Å². The number of carbonyl (C=O) groups excluding carboxylic acids is 2. The van der Waals surface area contributed by atoms with Gasteiger partial charge >= 0.3 is 5.97 Å². The number of sulfonamides is 1. The summed E-state index contributed by atoms with van der Waals surface area (Å²) in [6.07, 6.45) is 0. The molecule has 3 rings (SSSR count). The van der Waals surface area contributed by atoms with E-state index in [0.717, 1.165) is 6.07 Å². The van der Waals surface area contributed by atoms with Crippen molar-refractivity contribution in [2.75, 3.05) is 37.0 Å². The summed E-state index contributed by atoms with van der Waals surface area (Å²) in [5, 5.41) is 2.62. The van der Waals surface area contributed by atoms with Gasteiger partial charge in [-0.3, -0.25) is 9.10 Å². The number of rotatable bonds is 10. The molecule has 37 heavy (non-hydrogen) atoms. The minimum Gasteiger partial charge on any atom is -0.493 e. The Morgan fingerprint density at radius 3 is 2.35 bits per heavy atom. The molecular formula is C25H24ClFN2O7S. The summed E-state index contributed by atoms with van der Waals surface area (Å²) in [6.45, 7) is 0.972. The van der Waals surface area contributed by atoms with Crippen LogP contribution in [0, 0.1) is 5.82 Å². The number of esters is 1. The van der Waals surface area contributed by atoms with Gasteiger partial charge < -0.3 is 19.5 Å². The number of halogens is 2. The Balaban J connectivity index is 1.97. The van der Waals surface area contributed by atoms with Crippen molar-refractivity contribution in [2.24, 2.45) is 0 Å². The quantitative estimate of drug-likeness (QED) is 0.370. The molecule has 196 valence electrons. The van der Waals surface area contributed by atoms with Gasteiger partial charge in [-0.2, -0.15) is 0 Å². The lowest BCUT2D eigenvalue weighted by Gasteiger charge is -2.25. The number of para-hydroxylation sites is 1. The highest BCUT2D eigenvalue weighted by atomic mass is 35.5. The van der Waals surface area contributed by atoms with Crippen molar-refractivity contribution in [2.45, 2.75) is 11.8 Å². The van der Waals surface area contributed by atoms with Crippen LogP contribution in [0.2, 0.25) is 5.02 Å². The zero-order chi connectivity index (χ0) is 27.2. The predicted molar refractivity (Wildman–Crippen MR) is 137 cm³/mol. The fourth-order valence-electron chi connectivity index (χ4n) is 3.36. The normalized spacial score (nSPS) is 10.9. The van der Waals surface area contributed by atoms with Gasteiger partial charge in [-0.1, -0.05) is 23.7 Å². The smallest absolute Gasteiger partial charge is 0.339 e. The average Bonchev–Trinajstić information content (AvgIpc) is 2.88. The van der Waals surface area contributed by atoms with Crippen LogP contribution < -0.4 is 19.1 Å². The van der Waals surface area contributed by atoms with E-state index < -0.39 is 34.3 Å². The number of methoxy groups -OCH3 is 2. The number of hydrogen-bond donors (Lipinski definition) is 1. The summed E-state index contributed by atoms with van der Waals surface area (Å²) in [5.74, 6) is -1.92. The number of nitrogens with one attached hydrogen (secondary N) is 1. The summed E-state index contributed by atoms with van der Waals surface area (Å²) in [4.78, 5) is 24.8. The van der Waals surface area contributed by atoms with Gasteiger partial charge in [0.1, 0.15) is 12.4 Å². The third-order valence-corrected chi connectivity index (χ3v) is 7.18.